The van der Waals surface area contributed by atoms with E-state index in [1.165, 1.54) is 72.9 Å². The summed E-state index contributed by atoms with van der Waals surface area (Å²) in [5.74, 6) is -1.29. The number of hydrogen-bond donors (Lipinski definition) is 5. The molecule has 0 aromatic carbocycles. The molecule has 19 heteroatoms. The molecule has 16 nitrogen and oxygen atoms in total. The zero-order valence-corrected chi connectivity index (χ0v) is 47.7. The van der Waals surface area contributed by atoms with E-state index >= 15 is 0 Å². The molecule has 78 heavy (non-hydrogen) atoms. The number of rotatable bonds is 38. The van der Waals surface area contributed by atoms with E-state index in [1.807, 2.05) is 53.3 Å². The van der Waals surface area contributed by atoms with Crippen LogP contribution >= 0.6 is 35.3 Å². The molecule has 0 saturated heterocycles. The van der Waals surface area contributed by atoms with Crippen molar-refractivity contribution >= 4 is 88.3 Å². The van der Waals surface area contributed by atoms with Crippen LogP contribution in [-0.2, 0) is 43.2 Å². The summed E-state index contributed by atoms with van der Waals surface area (Å²) in [6.45, 7) is 18.3. The van der Waals surface area contributed by atoms with Gasteiger partial charge in [0.15, 0.2) is 0 Å². The summed E-state index contributed by atoms with van der Waals surface area (Å²) in [6.07, 6.45) is 10.6. The lowest BCUT2D eigenvalue weighted by atomic mass is 9.85. The Hall–Kier alpha value is -3.32. The van der Waals surface area contributed by atoms with Crippen molar-refractivity contribution in [2.45, 2.75) is 247 Å². The third-order valence-corrected chi connectivity index (χ3v) is 15.9. The highest BCUT2D eigenvalue weighted by Crippen LogP contribution is 2.37. The first-order valence-electron chi connectivity index (χ1n) is 25.1. The highest BCUT2D eigenvalue weighted by atomic mass is 32.2. The van der Waals surface area contributed by atoms with E-state index in [4.69, 9.17) is 10.2 Å². The average molecular weight is 1180 g/mol. The van der Waals surface area contributed by atoms with Gasteiger partial charge in [-0.15, -0.1) is 23.5 Å². The highest BCUT2D eigenvalue weighted by Gasteiger charge is 2.39. The first-order chi connectivity index (χ1) is 32.5. The fourth-order valence-electron chi connectivity index (χ4n) is 7.47. The van der Waals surface area contributed by atoms with Crippen LogP contribution in [-0.4, -0.2) is 152 Å². The van der Waals surface area contributed by atoms with Crippen molar-refractivity contribution in [3.8, 4) is 0 Å². The van der Waals surface area contributed by atoms with Crippen LogP contribution in [0.25, 0.3) is 0 Å². The molecule has 0 aliphatic rings. The van der Waals surface area contributed by atoms with Gasteiger partial charge in [-0.05, 0) is 99.7 Å². The lowest BCUT2D eigenvalue weighted by molar-refractivity contribution is -0.138. The summed E-state index contributed by atoms with van der Waals surface area (Å²) in [7, 11) is 6.67. The van der Waals surface area contributed by atoms with Gasteiger partial charge in [0.2, 0.25) is 29.5 Å². The van der Waals surface area contributed by atoms with E-state index in [2.05, 4.69) is 16.0 Å². The predicted octanol–water partition coefficient (Wildman–Crippen LogP) is 12.8. The van der Waals surface area contributed by atoms with Gasteiger partial charge in [-0.3, -0.25) is 43.2 Å². The fourth-order valence-corrected chi connectivity index (χ4v) is 10.8. The Morgan fingerprint density at radius 1 is 0.474 bits per heavy atom. The Morgan fingerprint density at radius 2 is 0.808 bits per heavy atom. The Kier molecular flexibility index (Phi) is 65.9. The van der Waals surface area contributed by atoms with Crippen molar-refractivity contribution in [2.24, 2.45) is 23.7 Å². The van der Waals surface area contributed by atoms with E-state index in [0.29, 0.717) is 38.0 Å². The molecule has 5 N–H and O–H groups in total. The van der Waals surface area contributed by atoms with Gasteiger partial charge in [0.1, 0.15) is 11.6 Å². The monoisotopic (exact) mass is 1180 g/mol. The van der Waals surface area contributed by atoms with Crippen LogP contribution in [0, 0.1) is 23.7 Å². The predicted molar refractivity (Wildman–Crippen MR) is 341 cm³/mol. The van der Waals surface area contributed by atoms with Crippen molar-refractivity contribution in [1.29, 1.82) is 0 Å². The molecule has 0 aromatic rings. The number of nitrogens with one attached hydrogen (secondary N) is 3. The van der Waals surface area contributed by atoms with Gasteiger partial charge in [0.05, 0.1) is 15.9 Å². The van der Waals surface area contributed by atoms with E-state index < -0.39 is 33.3 Å². The normalized spacial score (nSPS) is 13.1. The number of carboxylic acids is 2. The maximum absolute atomic E-state index is 13.0. The number of Topliss-reactive ketones (excluding diaryl/α,β-unsaturated/α-hetero) is 2. The molecule has 0 saturated carbocycles. The molecule has 470 valence electrons. The minimum atomic E-state index is -0.923. The van der Waals surface area contributed by atoms with Crippen LogP contribution in [0.5, 0.6) is 0 Å². The van der Waals surface area contributed by atoms with Crippen LogP contribution in [0.1, 0.15) is 225 Å². The number of ketones is 2. The average Bonchev–Trinajstić information content (AvgIpc) is 3.24. The van der Waals surface area contributed by atoms with Crippen molar-refractivity contribution < 1.29 is 53.4 Å². The highest BCUT2D eigenvalue weighted by molar-refractivity contribution is 8.01. The number of unbranched alkanes of at least 4 members (excludes halogenated alkanes) is 7. The third kappa shape index (κ3) is 46.4. The number of thioether (sulfide) groups is 3. The molecule has 0 radical (unpaired) electrons. The Balaban J connectivity index is -0.000000145. The minimum Gasteiger partial charge on any atom is -0.481 e. The molecule has 0 aliphatic heterocycles. The largest absolute Gasteiger partial charge is 0.481 e. The van der Waals surface area contributed by atoms with E-state index in [9.17, 15) is 43.2 Å². The summed E-state index contributed by atoms with van der Waals surface area (Å²) >= 11 is 4.52. The molecular formula is C59H125N5O11S3. The number of carbonyl (C=O) groups is 9. The standard InChI is InChI=1S/C32H59N3O6S2.C19H34N2O5S.8CH4/c1-24(2)34-30(40)25(3)22-27(31(41)35(6)7)23-32(5,26(4)36)43-20-17-28(37)33-18-21-42-19-15-13-11-9-8-10-12-14-16-29(38)39;1-12(2)20-17(25)13(3)10-15(18(26)21(6)7)11-19(5,14(4)22)27-9-8-16(23)24;;;;;;;;/h24-25,27H,8-23H2,1-7H3,(H,33,37)(H,34,40)(H,38,39);12-13,15H,8-11H2,1-7H3,(H,20,25)(H,23,24);8*1H4. The first kappa shape index (κ1) is 96.9. The van der Waals surface area contributed by atoms with Crippen LogP contribution in [0.15, 0.2) is 0 Å². The summed E-state index contributed by atoms with van der Waals surface area (Å²) in [6, 6.07) is 0.0220. The fraction of sp³-hybridized carbons (Fsp3) is 0.847. The Labute approximate surface area is 493 Å². The lowest BCUT2D eigenvalue weighted by Gasteiger charge is -2.32. The van der Waals surface area contributed by atoms with Gasteiger partial charge in [-0.2, -0.15) is 11.8 Å². The lowest BCUT2D eigenvalue weighted by Crippen LogP contribution is -2.41. The minimum absolute atomic E-state index is 0. The van der Waals surface area contributed by atoms with Gasteiger partial charge in [-0.25, -0.2) is 0 Å². The quantitative estimate of drug-likeness (QED) is 0.0362. The zero-order valence-electron chi connectivity index (χ0n) is 45.3. The van der Waals surface area contributed by atoms with Crippen molar-refractivity contribution in [1.82, 2.24) is 25.8 Å². The number of carbonyl (C=O) groups excluding carboxylic acids is 7. The van der Waals surface area contributed by atoms with Crippen LogP contribution in [0.2, 0.25) is 0 Å². The molecule has 0 aliphatic carbocycles. The van der Waals surface area contributed by atoms with E-state index in [0.717, 1.165) is 37.2 Å². The molecule has 6 atom stereocenters. The summed E-state index contributed by atoms with van der Waals surface area (Å²) in [5.41, 5.74) is 0. The topological polar surface area (TPSA) is 237 Å². The summed E-state index contributed by atoms with van der Waals surface area (Å²) in [4.78, 5) is 112. The van der Waals surface area contributed by atoms with Crippen LogP contribution in [0.3, 0.4) is 0 Å². The third-order valence-electron chi connectivity index (χ3n) is 11.9. The van der Waals surface area contributed by atoms with Crippen LogP contribution in [0.4, 0.5) is 0 Å². The van der Waals surface area contributed by atoms with E-state index in [1.54, 1.807) is 42.0 Å². The number of nitrogens with zero attached hydrogens (tertiary/aromatic N) is 2. The number of amides is 5. The maximum atomic E-state index is 13.0. The molecule has 0 rings (SSSR count). The van der Waals surface area contributed by atoms with Gasteiger partial charge in [0, 0.05) is 101 Å². The van der Waals surface area contributed by atoms with Gasteiger partial charge < -0.3 is 36.0 Å². The van der Waals surface area contributed by atoms with Gasteiger partial charge in [-0.1, -0.05) is 112 Å². The summed E-state index contributed by atoms with van der Waals surface area (Å²) < 4.78 is -1.71. The SMILES string of the molecule is C.C.C.C.C.C.C.C.CC(=O)C(C)(CC(CC(C)C(=O)NC(C)C)C(=O)N(C)C)SCCC(=O)NCCSCCCCCCCCCCC(=O)O.CC(=O)C(C)(CC(CC(C)C(=O)NC(C)C)C(=O)N(C)C)SCCC(=O)O. The van der Waals surface area contributed by atoms with Crippen molar-refractivity contribution in [2.75, 3.05) is 57.7 Å². The number of hydrogen-bond acceptors (Lipinski definition) is 12. The number of aliphatic carboxylic acids is 2. The molecule has 5 amide bonds. The molecule has 0 fully saturated rings. The smallest absolute Gasteiger partial charge is 0.304 e. The second-order valence-corrected chi connectivity index (χ2v) is 24.4. The second kappa shape index (κ2) is 53.0. The maximum Gasteiger partial charge on any atom is 0.304 e. The second-order valence-electron chi connectivity index (χ2n) is 20.0. The van der Waals surface area contributed by atoms with E-state index in [-0.39, 0.29) is 149 Å². The molecule has 6 unspecified atom stereocenters. The van der Waals surface area contributed by atoms with Crippen LogP contribution < -0.4 is 16.0 Å². The van der Waals surface area contributed by atoms with Gasteiger partial charge in [0.25, 0.3) is 0 Å². The van der Waals surface area contributed by atoms with Gasteiger partial charge >= 0.3 is 11.9 Å². The molecule has 0 aromatic heterocycles. The molecular weight excluding hydrogens is 1050 g/mol. The van der Waals surface area contributed by atoms with Crippen molar-refractivity contribution in [3.63, 3.8) is 0 Å². The molecule has 0 heterocycles. The summed E-state index contributed by atoms with van der Waals surface area (Å²) in [5, 5.41) is 26.2. The van der Waals surface area contributed by atoms with Crippen molar-refractivity contribution in [3.05, 3.63) is 0 Å². The molecule has 0 bridgehead atoms. The Morgan fingerprint density at radius 3 is 1.13 bits per heavy atom. The Bertz CT molecular complexity index is 1640. The molecule has 0 spiro atoms. The number of carboxylic acid groups (broad SMARTS) is 2. The first-order valence-corrected chi connectivity index (χ1v) is 28.2. The zero-order chi connectivity index (χ0) is 54.2.